The summed E-state index contributed by atoms with van der Waals surface area (Å²) in [7, 11) is 0. The van der Waals surface area contributed by atoms with E-state index >= 15 is 0 Å². The molecule has 4 nitrogen and oxygen atoms in total. The SMILES string of the molecule is CCCN1CCC(CN=C(NCC)NC2CC2C)CC1. The van der Waals surface area contributed by atoms with E-state index in [0.717, 1.165) is 30.9 Å². The number of nitrogens with one attached hydrogen (secondary N) is 2. The molecule has 0 aromatic rings. The highest BCUT2D eigenvalue weighted by atomic mass is 15.2. The summed E-state index contributed by atoms with van der Waals surface area (Å²) in [6.45, 7) is 12.4. The number of guanidine groups is 1. The summed E-state index contributed by atoms with van der Waals surface area (Å²) in [6, 6.07) is 0.652. The van der Waals surface area contributed by atoms with Crippen molar-refractivity contribution in [3.8, 4) is 0 Å². The van der Waals surface area contributed by atoms with Gasteiger partial charge in [0, 0.05) is 19.1 Å². The van der Waals surface area contributed by atoms with Crippen LogP contribution in [0.3, 0.4) is 0 Å². The molecule has 2 atom stereocenters. The fourth-order valence-corrected chi connectivity index (χ4v) is 2.95. The molecule has 0 bridgehead atoms. The van der Waals surface area contributed by atoms with Crippen LogP contribution in [0.25, 0.3) is 0 Å². The van der Waals surface area contributed by atoms with E-state index in [2.05, 4.69) is 36.3 Å². The maximum absolute atomic E-state index is 4.80. The molecule has 1 saturated carbocycles. The van der Waals surface area contributed by atoms with Gasteiger partial charge >= 0.3 is 0 Å². The Kier molecular flexibility index (Phi) is 6.14. The smallest absolute Gasteiger partial charge is 0.191 e. The molecule has 0 spiro atoms. The molecule has 4 heteroatoms. The van der Waals surface area contributed by atoms with Crippen LogP contribution in [0.1, 0.15) is 46.5 Å². The molecule has 0 radical (unpaired) electrons. The van der Waals surface area contributed by atoms with Crippen LogP contribution in [0.5, 0.6) is 0 Å². The zero-order valence-corrected chi connectivity index (χ0v) is 13.5. The van der Waals surface area contributed by atoms with Gasteiger partial charge in [-0.1, -0.05) is 13.8 Å². The summed E-state index contributed by atoms with van der Waals surface area (Å²) in [6.07, 6.45) is 5.18. The lowest BCUT2D eigenvalue weighted by Gasteiger charge is -2.31. The number of hydrogen-bond donors (Lipinski definition) is 2. The normalized spacial score (nSPS) is 28.4. The highest BCUT2D eigenvalue weighted by molar-refractivity contribution is 5.80. The Labute approximate surface area is 124 Å². The second-order valence-electron chi connectivity index (χ2n) is 6.47. The zero-order valence-electron chi connectivity index (χ0n) is 13.5. The molecule has 2 rings (SSSR count). The third-order valence-corrected chi connectivity index (χ3v) is 4.53. The summed E-state index contributed by atoms with van der Waals surface area (Å²) in [5, 5.41) is 6.91. The lowest BCUT2D eigenvalue weighted by atomic mass is 9.97. The molecule has 0 aromatic carbocycles. The first-order chi connectivity index (χ1) is 9.72. The van der Waals surface area contributed by atoms with E-state index in [9.17, 15) is 0 Å². The van der Waals surface area contributed by atoms with Crippen molar-refractivity contribution < 1.29 is 0 Å². The minimum atomic E-state index is 0.652. The Hall–Kier alpha value is -0.770. The highest BCUT2D eigenvalue weighted by Gasteiger charge is 2.33. The molecule has 116 valence electrons. The van der Waals surface area contributed by atoms with E-state index in [0.29, 0.717) is 6.04 Å². The standard InChI is InChI=1S/C16H32N4/c1-4-8-20-9-6-14(7-10-20)12-18-16(17-5-2)19-15-11-13(15)3/h13-15H,4-12H2,1-3H3,(H2,17,18,19). The van der Waals surface area contributed by atoms with Crippen LogP contribution in [0.4, 0.5) is 0 Å². The van der Waals surface area contributed by atoms with Crippen LogP contribution in [0.2, 0.25) is 0 Å². The van der Waals surface area contributed by atoms with Gasteiger partial charge in [0.2, 0.25) is 0 Å². The first kappa shape index (κ1) is 15.6. The number of nitrogens with zero attached hydrogens (tertiary/aromatic N) is 2. The van der Waals surface area contributed by atoms with Gasteiger partial charge in [-0.25, -0.2) is 0 Å². The molecule has 2 fully saturated rings. The maximum Gasteiger partial charge on any atom is 0.191 e. The molecule has 1 heterocycles. The number of hydrogen-bond acceptors (Lipinski definition) is 2. The van der Waals surface area contributed by atoms with Gasteiger partial charge in [0.1, 0.15) is 0 Å². The third kappa shape index (κ3) is 4.97. The topological polar surface area (TPSA) is 39.7 Å². The van der Waals surface area contributed by atoms with Crippen molar-refractivity contribution in [2.24, 2.45) is 16.8 Å². The van der Waals surface area contributed by atoms with Gasteiger partial charge in [-0.15, -0.1) is 0 Å². The lowest BCUT2D eigenvalue weighted by molar-refractivity contribution is 0.188. The molecule has 20 heavy (non-hydrogen) atoms. The van der Waals surface area contributed by atoms with Crippen LogP contribution in [-0.4, -0.2) is 49.6 Å². The predicted octanol–water partition coefficient (Wildman–Crippen LogP) is 2.07. The molecule has 2 aliphatic rings. The predicted molar refractivity (Wildman–Crippen MR) is 86.1 cm³/mol. The van der Waals surface area contributed by atoms with Crippen molar-refractivity contribution in [2.45, 2.75) is 52.5 Å². The van der Waals surface area contributed by atoms with Crippen molar-refractivity contribution in [3.63, 3.8) is 0 Å². The van der Waals surface area contributed by atoms with Gasteiger partial charge in [-0.3, -0.25) is 4.99 Å². The molecular formula is C16H32N4. The number of likely N-dealkylation sites (tertiary alicyclic amines) is 1. The van der Waals surface area contributed by atoms with E-state index in [-0.39, 0.29) is 0 Å². The summed E-state index contributed by atoms with van der Waals surface area (Å²) in [5.74, 6) is 2.61. The average Bonchev–Trinajstić information content (AvgIpc) is 3.14. The number of rotatable bonds is 6. The second kappa shape index (κ2) is 7.87. The fraction of sp³-hybridized carbons (Fsp3) is 0.938. The molecular weight excluding hydrogens is 248 g/mol. The van der Waals surface area contributed by atoms with Gasteiger partial charge in [0.25, 0.3) is 0 Å². The number of aliphatic imine (C=N–C) groups is 1. The van der Waals surface area contributed by atoms with Crippen LogP contribution in [0, 0.1) is 11.8 Å². The summed E-state index contributed by atoms with van der Waals surface area (Å²) < 4.78 is 0. The van der Waals surface area contributed by atoms with Crippen LogP contribution >= 0.6 is 0 Å². The molecule has 0 amide bonds. The minimum absolute atomic E-state index is 0.652. The van der Waals surface area contributed by atoms with Crippen molar-refractivity contribution >= 4 is 5.96 Å². The summed E-state index contributed by atoms with van der Waals surface area (Å²) in [4.78, 5) is 7.39. The maximum atomic E-state index is 4.80. The fourth-order valence-electron chi connectivity index (χ4n) is 2.95. The van der Waals surface area contributed by atoms with Crippen molar-refractivity contribution in [3.05, 3.63) is 0 Å². The first-order valence-corrected chi connectivity index (χ1v) is 8.50. The molecule has 1 aliphatic heterocycles. The zero-order chi connectivity index (χ0) is 14.4. The first-order valence-electron chi connectivity index (χ1n) is 8.50. The van der Waals surface area contributed by atoms with E-state index < -0.39 is 0 Å². The average molecular weight is 280 g/mol. The van der Waals surface area contributed by atoms with Crippen LogP contribution < -0.4 is 10.6 Å². The minimum Gasteiger partial charge on any atom is -0.357 e. The van der Waals surface area contributed by atoms with Gasteiger partial charge in [0.05, 0.1) is 0 Å². The molecule has 0 aromatic heterocycles. The Morgan fingerprint density at radius 1 is 1.25 bits per heavy atom. The van der Waals surface area contributed by atoms with E-state index in [1.165, 1.54) is 45.3 Å². The Bertz CT molecular complexity index is 308. The van der Waals surface area contributed by atoms with E-state index in [1.807, 2.05) is 0 Å². The molecule has 1 aliphatic carbocycles. The van der Waals surface area contributed by atoms with Gasteiger partial charge in [-0.05, 0) is 64.1 Å². The van der Waals surface area contributed by atoms with Gasteiger partial charge < -0.3 is 15.5 Å². The Morgan fingerprint density at radius 2 is 1.95 bits per heavy atom. The van der Waals surface area contributed by atoms with Crippen LogP contribution in [-0.2, 0) is 0 Å². The second-order valence-corrected chi connectivity index (χ2v) is 6.47. The third-order valence-electron chi connectivity index (χ3n) is 4.53. The van der Waals surface area contributed by atoms with Crippen molar-refractivity contribution in [2.75, 3.05) is 32.7 Å². The quantitative estimate of drug-likeness (QED) is 0.578. The van der Waals surface area contributed by atoms with Gasteiger partial charge in [-0.2, -0.15) is 0 Å². The summed E-state index contributed by atoms with van der Waals surface area (Å²) >= 11 is 0. The highest BCUT2D eigenvalue weighted by Crippen LogP contribution is 2.28. The van der Waals surface area contributed by atoms with E-state index in [4.69, 9.17) is 4.99 Å². The monoisotopic (exact) mass is 280 g/mol. The van der Waals surface area contributed by atoms with Crippen molar-refractivity contribution in [1.82, 2.24) is 15.5 Å². The lowest BCUT2D eigenvalue weighted by Crippen LogP contribution is -2.40. The Balaban J connectivity index is 1.72. The molecule has 2 N–H and O–H groups in total. The van der Waals surface area contributed by atoms with Gasteiger partial charge in [0.15, 0.2) is 5.96 Å². The van der Waals surface area contributed by atoms with Crippen molar-refractivity contribution in [1.29, 1.82) is 0 Å². The largest absolute Gasteiger partial charge is 0.357 e. The summed E-state index contributed by atoms with van der Waals surface area (Å²) in [5.41, 5.74) is 0. The van der Waals surface area contributed by atoms with E-state index in [1.54, 1.807) is 0 Å². The Morgan fingerprint density at radius 3 is 2.50 bits per heavy atom. The van der Waals surface area contributed by atoms with Crippen LogP contribution in [0.15, 0.2) is 4.99 Å². The molecule has 2 unspecified atom stereocenters. The number of piperidine rings is 1. The molecule has 1 saturated heterocycles.